The molecule has 0 unspecified atom stereocenters. The number of phenolic OH excluding ortho intramolecular Hbond substituents is 1. The normalized spacial score (nSPS) is 13.1. The van der Waals surface area contributed by atoms with Gasteiger partial charge in [0.15, 0.2) is 0 Å². The monoisotopic (exact) mass is 503 g/mol. The number of phenols is 1. The van der Waals surface area contributed by atoms with Crippen LogP contribution in [0.1, 0.15) is 0 Å². The van der Waals surface area contributed by atoms with E-state index in [1.165, 1.54) is 24.3 Å². The molecule has 0 radical (unpaired) electrons. The van der Waals surface area contributed by atoms with Crippen LogP contribution in [-0.2, 0) is 30.9 Å². The number of aromatic hydroxyl groups is 1. The minimum Gasteiger partial charge on any atom is -0.507 e. The van der Waals surface area contributed by atoms with Crippen molar-refractivity contribution in [1.82, 2.24) is 0 Å². The summed E-state index contributed by atoms with van der Waals surface area (Å²) in [4.78, 5) is 0. The van der Waals surface area contributed by atoms with Gasteiger partial charge in [-0.15, -0.1) is 0 Å². The molecule has 0 amide bonds. The lowest BCUT2D eigenvalue weighted by Gasteiger charge is -2.20. The van der Waals surface area contributed by atoms with Crippen molar-refractivity contribution in [2.24, 2.45) is 0 Å². The van der Waals surface area contributed by atoms with Gasteiger partial charge < -0.3 is 5.11 Å². The van der Waals surface area contributed by atoms with Crippen LogP contribution >= 0.6 is 0 Å². The number of rotatable bonds is 6. The fourth-order valence-electron chi connectivity index (χ4n) is 3.63. The van der Waals surface area contributed by atoms with Crippen molar-refractivity contribution in [3.8, 4) is 5.75 Å². The van der Waals surface area contributed by atoms with Gasteiger partial charge in [0.25, 0.3) is 0 Å². The summed E-state index contributed by atoms with van der Waals surface area (Å²) in [6.07, 6.45) is 0. The van der Waals surface area contributed by atoms with Crippen LogP contribution in [0.25, 0.3) is 32.3 Å². The van der Waals surface area contributed by atoms with Crippen molar-refractivity contribution in [2.75, 3.05) is 14.2 Å². The highest BCUT2D eigenvalue weighted by molar-refractivity contribution is 7.87. The third kappa shape index (κ3) is 4.14. The van der Waals surface area contributed by atoms with E-state index in [1.807, 2.05) is 14.2 Å². The molecule has 4 aromatic rings. The Morgan fingerprint density at radius 2 is 0.938 bits per heavy atom. The zero-order valence-electron chi connectivity index (χ0n) is 15.4. The Hall–Kier alpha value is -3.15. The quantitative estimate of drug-likeness (QED) is 0.150. The number of nitrogens with one attached hydrogen (secondary N) is 3. The molecule has 0 saturated carbocycles. The zero-order chi connectivity index (χ0) is 23.6. The summed E-state index contributed by atoms with van der Waals surface area (Å²) in [5, 5.41) is 11.0. The predicted octanol–water partition coefficient (Wildman–Crippen LogP) is 1.93. The van der Waals surface area contributed by atoms with Crippen LogP contribution in [0.15, 0.2) is 36.4 Å². The average Bonchev–Trinajstić information content (AvgIpc) is 2.60. The Balaban J connectivity index is 2.26. The summed E-state index contributed by atoms with van der Waals surface area (Å²) in [7, 11) is -14.3. The fourth-order valence-corrected chi connectivity index (χ4v) is 4.98. The molecular weight excluding hydrogens is 490 g/mol. The molecule has 13 nitrogen and oxygen atoms in total. The van der Waals surface area contributed by atoms with Crippen molar-refractivity contribution >= 4 is 80.3 Å². The molecule has 0 bridgehead atoms. The summed E-state index contributed by atoms with van der Waals surface area (Å²) in [5.74, 6) is -0.351. The van der Waals surface area contributed by atoms with E-state index in [2.05, 4.69) is 0 Å². The molecular formula is C16H13N3O10S3. The second kappa shape index (κ2) is 6.92. The SMILES string of the molecule is O=S(=O)(O)Nc1cc2c(NS(=O)(=O)O)ccc3c(NS(=O)(=O)O)cc4c(O)ccc1c4c32. The van der Waals surface area contributed by atoms with Crippen molar-refractivity contribution in [3.05, 3.63) is 36.4 Å². The molecule has 0 aromatic heterocycles. The van der Waals surface area contributed by atoms with E-state index in [-0.39, 0.29) is 55.1 Å². The lowest BCUT2D eigenvalue weighted by Crippen LogP contribution is -2.13. The first-order chi connectivity index (χ1) is 14.6. The second-order valence-corrected chi connectivity index (χ2v) is 10.2. The summed E-state index contributed by atoms with van der Waals surface area (Å²) in [5.41, 5.74) is -0.609. The molecule has 0 aliphatic rings. The largest absolute Gasteiger partial charge is 0.507 e. The van der Waals surface area contributed by atoms with Gasteiger partial charge in [-0.25, -0.2) is 0 Å². The molecule has 0 fully saturated rings. The van der Waals surface area contributed by atoms with E-state index in [0.29, 0.717) is 0 Å². The molecule has 0 saturated heterocycles. The van der Waals surface area contributed by atoms with Gasteiger partial charge in [-0.05, 0) is 30.3 Å². The van der Waals surface area contributed by atoms with Crippen LogP contribution < -0.4 is 14.2 Å². The fraction of sp³-hybridized carbons (Fsp3) is 0. The third-order valence-electron chi connectivity index (χ3n) is 4.59. The van der Waals surface area contributed by atoms with E-state index >= 15 is 0 Å². The Morgan fingerprint density at radius 3 is 1.44 bits per heavy atom. The highest BCUT2D eigenvalue weighted by Gasteiger charge is 2.22. The van der Waals surface area contributed by atoms with E-state index in [4.69, 9.17) is 0 Å². The first-order valence-electron chi connectivity index (χ1n) is 8.36. The molecule has 7 N–H and O–H groups in total. The third-order valence-corrected chi connectivity index (χ3v) is 6.03. The summed E-state index contributed by atoms with van der Waals surface area (Å²) in [6, 6.07) is 7.26. The number of anilines is 3. The molecule has 4 rings (SSSR count). The minimum absolute atomic E-state index is 0.00847. The van der Waals surface area contributed by atoms with Crippen LogP contribution in [0, 0.1) is 0 Å². The van der Waals surface area contributed by atoms with Crippen LogP contribution in [0.4, 0.5) is 17.1 Å². The molecule has 4 aromatic carbocycles. The second-order valence-electron chi connectivity index (χ2n) is 6.72. The van der Waals surface area contributed by atoms with Crippen LogP contribution in [0.5, 0.6) is 5.75 Å². The Kier molecular flexibility index (Phi) is 4.77. The molecule has 0 atom stereocenters. The Bertz CT molecular complexity index is 1730. The molecule has 0 spiro atoms. The standard InChI is InChI=1S/C16H13N3O10S3/c20-14-4-2-8-12(18-31(24,25)26)5-9-11(17-30(21,22)23)3-1-7-13(19-32(27,28)29)6-10(14)16(8)15(7)9/h1-6,17-20H,(H,21,22,23)(H,24,25,26)(H,27,28,29). The summed E-state index contributed by atoms with van der Waals surface area (Å²) in [6.45, 7) is 0. The first kappa shape index (κ1) is 22.1. The van der Waals surface area contributed by atoms with Gasteiger partial charge in [-0.2, -0.15) is 25.3 Å². The van der Waals surface area contributed by atoms with Gasteiger partial charge in [0.05, 0.1) is 17.1 Å². The van der Waals surface area contributed by atoms with Crippen LogP contribution in [0.3, 0.4) is 0 Å². The van der Waals surface area contributed by atoms with Crippen molar-refractivity contribution in [2.45, 2.75) is 0 Å². The van der Waals surface area contributed by atoms with Gasteiger partial charge in [-0.3, -0.25) is 27.8 Å². The maximum Gasteiger partial charge on any atom is 0.357 e. The lowest BCUT2D eigenvalue weighted by atomic mass is 9.91. The Morgan fingerprint density at radius 1 is 0.531 bits per heavy atom. The van der Waals surface area contributed by atoms with Gasteiger partial charge in [0, 0.05) is 32.3 Å². The highest BCUT2D eigenvalue weighted by Crippen LogP contribution is 2.46. The molecule has 0 heterocycles. The van der Waals surface area contributed by atoms with Gasteiger partial charge in [0.2, 0.25) is 0 Å². The highest BCUT2D eigenvalue weighted by atomic mass is 32.2. The van der Waals surface area contributed by atoms with E-state index in [1.54, 1.807) is 0 Å². The van der Waals surface area contributed by atoms with E-state index < -0.39 is 30.9 Å². The summed E-state index contributed by atoms with van der Waals surface area (Å²) >= 11 is 0. The number of hydrogen-bond acceptors (Lipinski definition) is 7. The first-order valence-corrected chi connectivity index (χ1v) is 12.7. The molecule has 170 valence electrons. The smallest absolute Gasteiger partial charge is 0.357 e. The maximum absolute atomic E-state index is 11.5. The van der Waals surface area contributed by atoms with Crippen molar-refractivity contribution < 1.29 is 44.0 Å². The average molecular weight is 503 g/mol. The Labute approximate surface area is 180 Å². The maximum atomic E-state index is 11.5. The molecule has 0 aliphatic heterocycles. The van der Waals surface area contributed by atoms with Gasteiger partial charge in [0.1, 0.15) is 5.75 Å². The van der Waals surface area contributed by atoms with Crippen molar-refractivity contribution in [3.63, 3.8) is 0 Å². The van der Waals surface area contributed by atoms with E-state index in [0.717, 1.165) is 12.1 Å². The van der Waals surface area contributed by atoms with Crippen molar-refractivity contribution in [1.29, 1.82) is 0 Å². The number of benzene rings is 4. The lowest BCUT2D eigenvalue weighted by molar-refractivity contribution is 0.481. The minimum atomic E-state index is -4.78. The van der Waals surface area contributed by atoms with Gasteiger partial charge in [-0.1, -0.05) is 6.07 Å². The zero-order valence-corrected chi connectivity index (χ0v) is 17.9. The van der Waals surface area contributed by atoms with Gasteiger partial charge >= 0.3 is 30.9 Å². The molecule has 32 heavy (non-hydrogen) atoms. The summed E-state index contributed by atoms with van der Waals surface area (Å²) < 4.78 is 102. The predicted molar refractivity (Wildman–Crippen MR) is 117 cm³/mol. The van der Waals surface area contributed by atoms with Crippen LogP contribution in [-0.4, -0.2) is 44.0 Å². The number of hydrogen-bond donors (Lipinski definition) is 7. The molecule has 16 heteroatoms. The molecule has 0 aliphatic carbocycles. The topological polar surface area (TPSA) is 219 Å². The van der Waals surface area contributed by atoms with Crippen LogP contribution in [0.2, 0.25) is 0 Å². The van der Waals surface area contributed by atoms with E-state index in [9.17, 15) is 44.0 Å².